The average Bonchev–Trinajstić information content (AvgIpc) is 3.07. The summed E-state index contributed by atoms with van der Waals surface area (Å²) in [6.07, 6.45) is 0. The number of hydrogen-bond acceptors (Lipinski definition) is 7. The predicted octanol–water partition coefficient (Wildman–Crippen LogP) is 1.73. The minimum Gasteiger partial charge on any atom is -0.463 e. The summed E-state index contributed by atoms with van der Waals surface area (Å²) in [7, 11) is -3.85. The Hall–Kier alpha value is -2.27. The standard InChI is InChI=1S/C10H10N6O3S2/c1-2-19-10-11-9(12-13-10)16-21(17,18)7-5-3-4-6-8(7)15-20-14-6/h3-5H,2H2,1H3,(H2,11,12,13,16). The van der Waals surface area contributed by atoms with Crippen LogP contribution in [0.25, 0.3) is 0 Å². The molecule has 2 N–H and O–H groups in total. The van der Waals surface area contributed by atoms with E-state index >= 15 is 0 Å². The topological polar surface area (TPSA) is 122 Å². The van der Waals surface area contributed by atoms with Crippen molar-refractivity contribution < 1.29 is 13.2 Å². The van der Waals surface area contributed by atoms with Gasteiger partial charge in [-0.15, -0.1) is 5.10 Å². The van der Waals surface area contributed by atoms with Crippen LogP contribution in [0, 0.1) is 0 Å². The molecule has 0 aliphatic carbocycles. The zero-order valence-electron chi connectivity index (χ0n) is 10.8. The van der Waals surface area contributed by atoms with Gasteiger partial charge in [-0.1, -0.05) is 6.07 Å². The summed E-state index contributed by atoms with van der Waals surface area (Å²) in [5, 5.41) is 6.17. The third-order valence-corrected chi connectivity index (χ3v) is 4.42. The summed E-state index contributed by atoms with van der Waals surface area (Å²) in [5.41, 5.74) is 0.843. The third-order valence-electron chi connectivity index (χ3n) is 2.51. The Morgan fingerprint density at radius 3 is 3.05 bits per heavy atom. The number of H-pyrrole nitrogens is 1. The number of hydrogen-bond donors (Lipinski definition) is 2. The quantitative estimate of drug-likeness (QED) is 0.739. The lowest BCUT2D eigenvalue weighted by Gasteiger charge is -2.06. The molecular weight excluding hydrogens is 316 g/mol. The van der Waals surface area contributed by atoms with E-state index in [1.807, 2.05) is 0 Å². The average molecular weight is 326 g/mol. The number of fused-ring (bicyclic) bond motifs is 1. The lowest BCUT2D eigenvalue weighted by Crippen LogP contribution is -2.14. The van der Waals surface area contributed by atoms with Crippen LogP contribution in [-0.2, 0) is 21.4 Å². The van der Waals surface area contributed by atoms with E-state index in [0.29, 0.717) is 18.0 Å². The number of nitrogens with one attached hydrogen (secondary N) is 2. The van der Waals surface area contributed by atoms with Gasteiger partial charge in [0, 0.05) is 0 Å². The fraction of sp³-hybridized carbons (Fsp3) is 0.200. The second-order valence-corrected chi connectivity index (χ2v) is 6.07. The van der Waals surface area contributed by atoms with E-state index in [-0.39, 0.29) is 16.9 Å². The Balaban J connectivity index is 1.91. The molecule has 0 saturated carbocycles. The van der Waals surface area contributed by atoms with Crippen molar-refractivity contribution in [2.24, 2.45) is 8.73 Å². The zero-order valence-corrected chi connectivity index (χ0v) is 12.4. The third kappa shape index (κ3) is 2.64. The van der Waals surface area contributed by atoms with Crippen LogP contribution in [0.3, 0.4) is 0 Å². The Morgan fingerprint density at radius 1 is 1.38 bits per heavy atom. The normalized spacial score (nSPS) is 12.8. The van der Waals surface area contributed by atoms with Crippen LogP contribution in [0.15, 0.2) is 31.8 Å². The van der Waals surface area contributed by atoms with Gasteiger partial charge in [-0.2, -0.15) is 13.7 Å². The SMILES string of the molecule is CCOc1n[nH]c(NS(=O)(=O)c2cccc3c2N=S=N3)n1. The number of aromatic amines is 1. The summed E-state index contributed by atoms with van der Waals surface area (Å²) in [4.78, 5) is 3.90. The molecule has 11 heteroatoms. The van der Waals surface area contributed by atoms with Gasteiger partial charge < -0.3 is 4.74 Å². The van der Waals surface area contributed by atoms with E-state index in [1.165, 1.54) is 6.07 Å². The molecule has 3 rings (SSSR count). The van der Waals surface area contributed by atoms with Gasteiger partial charge >= 0.3 is 6.01 Å². The van der Waals surface area contributed by atoms with Crippen molar-refractivity contribution in [1.82, 2.24) is 15.2 Å². The molecular formula is C10H10N6O3S2. The smallest absolute Gasteiger partial charge is 0.337 e. The van der Waals surface area contributed by atoms with Crippen molar-refractivity contribution in [2.45, 2.75) is 11.8 Å². The lowest BCUT2D eigenvalue weighted by molar-refractivity contribution is 0.314. The van der Waals surface area contributed by atoms with Crippen LogP contribution in [-0.4, -0.2) is 30.2 Å². The summed E-state index contributed by atoms with van der Waals surface area (Å²) in [5.74, 6) is -0.0290. The molecule has 0 radical (unpaired) electrons. The van der Waals surface area contributed by atoms with Crippen molar-refractivity contribution >= 4 is 38.7 Å². The van der Waals surface area contributed by atoms with Crippen molar-refractivity contribution in [3.63, 3.8) is 0 Å². The van der Waals surface area contributed by atoms with Crippen LogP contribution < -0.4 is 9.46 Å². The highest BCUT2D eigenvalue weighted by molar-refractivity contribution is 7.92. The number of sulfonamides is 1. The molecule has 110 valence electrons. The fourth-order valence-electron chi connectivity index (χ4n) is 1.67. The molecule has 1 aromatic heterocycles. The summed E-state index contributed by atoms with van der Waals surface area (Å²) in [6, 6.07) is 4.82. The highest BCUT2D eigenvalue weighted by Crippen LogP contribution is 2.37. The van der Waals surface area contributed by atoms with Crippen molar-refractivity contribution in [3.05, 3.63) is 18.2 Å². The van der Waals surface area contributed by atoms with Gasteiger partial charge in [0.15, 0.2) is 0 Å². The summed E-state index contributed by atoms with van der Waals surface area (Å²) in [6.45, 7) is 2.16. The molecule has 0 bridgehead atoms. The van der Waals surface area contributed by atoms with Crippen LogP contribution >= 0.6 is 0 Å². The second kappa shape index (κ2) is 5.26. The van der Waals surface area contributed by atoms with Crippen molar-refractivity contribution in [2.75, 3.05) is 11.3 Å². The first kappa shape index (κ1) is 13.7. The Labute approximate surface area is 123 Å². The van der Waals surface area contributed by atoms with E-state index in [2.05, 4.69) is 28.6 Å². The van der Waals surface area contributed by atoms with Gasteiger partial charge in [-0.25, -0.2) is 18.2 Å². The molecule has 0 saturated heterocycles. The van der Waals surface area contributed by atoms with Gasteiger partial charge in [0.1, 0.15) is 16.3 Å². The van der Waals surface area contributed by atoms with Crippen LogP contribution in [0.5, 0.6) is 6.01 Å². The molecule has 2 heterocycles. The minimum absolute atomic E-state index is 0.0290. The molecule has 0 spiro atoms. The molecule has 0 amide bonds. The first-order valence-electron chi connectivity index (χ1n) is 5.89. The molecule has 1 aromatic carbocycles. The second-order valence-electron chi connectivity index (χ2n) is 3.89. The molecule has 2 aromatic rings. The Kier molecular flexibility index (Phi) is 3.43. The Bertz CT molecular complexity index is 853. The largest absolute Gasteiger partial charge is 0.463 e. The maximum absolute atomic E-state index is 12.4. The van der Waals surface area contributed by atoms with E-state index in [4.69, 9.17) is 4.74 Å². The number of aromatic nitrogens is 3. The number of rotatable bonds is 5. The minimum atomic E-state index is -3.85. The predicted molar refractivity (Wildman–Crippen MR) is 76.3 cm³/mol. The number of anilines is 1. The van der Waals surface area contributed by atoms with Crippen LogP contribution in [0.2, 0.25) is 0 Å². The van der Waals surface area contributed by atoms with Crippen LogP contribution in [0.1, 0.15) is 6.92 Å². The van der Waals surface area contributed by atoms with Crippen LogP contribution in [0.4, 0.5) is 17.3 Å². The molecule has 9 nitrogen and oxygen atoms in total. The fourth-order valence-corrected chi connectivity index (χ4v) is 3.39. The van der Waals surface area contributed by atoms with Crippen molar-refractivity contribution in [3.8, 4) is 6.01 Å². The molecule has 0 unspecified atom stereocenters. The molecule has 0 atom stereocenters. The molecule has 1 aliphatic heterocycles. The van der Waals surface area contributed by atoms with Crippen molar-refractivity contribution in [1.29, 1.82) is 0 Å². The van der Waals surface area contributed by atoms with Gasteiger partial charge in [-0.3, -0.25) is 0 Å². The van der Waals surface area contributed by atoms with E-state index in [9.17, 15) is 8.42 Å². The molecule has 0 fully saturated rings. The maximum Gasteiger partial charge on any atom is 0.337 e. The summed E-state index contributed by atoms with van der Waals surface area (Å²) >= 11 is 0.952. The highest BCUT2D eigenvalue weighted by Gasteiger charge is 2.23. The van der Waals surface area contributed by atoms with E-state index in [1.54, 1.807) is 19.1 Å². The van der Waals surface area contributed by atoms with Gasteiger partial charge in [-0.05, 0) is 19.1 Å². The number of ether oxygens (including phenoxy) is 1. The number of benzene rings is 1. The van der Waals surface area contributed by atoms with Gasteiger partial charge in [0.25, 0.3) is 10.0 Å². The van der Waals surface area contributed by atoms with Gasteiger partial charge in [0.05, 0.1) is 18.0 Å². The van der Waals surface area contributed by atoms with E-state index < -0.39 is 10.0 Å². The molecule has 21 heavy (non-hydrogen) atoms. The zero-order chi connectivity index (χ0) is 14.9. The number of nitrogens with zero attached hydrogens (tertiary/aromatic N) is 4. The first-order chi connectivity index (χ1) is 10.1. The molecule has 1 aliphatic rings. The monoisotopic (exact) mass is 326 g/mol. The van der Waals surface area contributed by atoms with E-state index in [0.717, 1.165) is 11.4 Å². The maximum atomic E-state index is 12.4. The Morgan fingerprint density at radius 2 is 2.24 bits per heavy atom. The van der Waals surface area contributed by atoms with Gasteiger partial charge in [0.2, 0.25) is 5.95 Å². The first-order valence-corrected chi connectivity index (χ1v) is 8.11. The lowest BCUT2D eigenvalue weighted by atomic mass is 10.3. The summed E-state index contributed by atoms with van der Waals surface area (Å²) < 4.78 is 40.1. The highest BCUT2D eigenvalue weighted by atomic mass is 32.2.